The molecular weight excluding hydrogens is 450 g/mol. The van der Waals surface area contributed by atoms with Crippen LogP contribution in [-0.4, -0.2) is 30.4 Å². The zero-order valence-electron chi connectivity index (χ0n) is 19.4. The molecule has 34 heavy (non-hydrogen) atoms. The minimum absolute atomic E-state index is 0. The number of hydrogen-bond acceptors (Lipinski definition) is 5. The van der Waals surface area contributed by atoms with Crippen molar-refractivity contribution in [2.24, 2.45) is 0 Å². The van der Waals surface area contributed by atoms with Crippen LogP contribution >= 0.6 is 12.4 Å². The standard InChI is InChI=1S/C28H29NO4.ClH/c1-3-19(2)29-17-22(30)18-32-23-14-15-24-25(16-23)33-28(21-12-8-5-9-13-21)26(27(24)31)20-10-6-4-7-11-20;/h4-16,19,22,29-30H,3,17-18H2,1-2H3;1H. The molecule has 2 atom stereocenters. The SMILES string of the molecule is CCC(C)NCC(O)COc1ccc2c(=O)c(-c3ccccc3)c(-c3ccccc3)oc2c1.Cl. The molecule has 178 valence electrons. The van der Waals surface area contributed by atoms with E-state index in [-0.39, 0.29) is 24.4 Å². The quantitative estimate of drug-likeness (QED) is 0.323. The third kappa shape index (κ3) is 5.86. The van der Waals surface area contributed by atoms with E-state index >= 15 is 0 Å². The van der Waals surface area contributed by atoms with Crippen LogP contribution in [0.15, 0.2) is 88.1 Å². The smallest absolute Gasteiger partial charge is 0.201 e. The maximum absolute atomic E-state index is 13.5. The van der Waals surface area contributed by atoms with Gasteiger partial charge in [-0.1, -0.05) is 67.6 Å². The van der Waals surface area contributed by atoms with E-state index in [1.807, 2.05) is 60.7 Å². The van der Waals surface area contributed by atoms with Crippen LogP contribution in [0.25, 0.3) is 33.4 Å². The van der Waals surface area contributed by atoms with Gasteiger partial charge in [-0.3, -0.25) is 4.79 Å². The van der Waals surface area contributed by atoms with E-state index in [1.165, 1.54) is 0 Å². The molecule has 0 aliphatic heterocycles. The number of hydrogen-bond donors (Lipinski definition) is 2. The van der Waals surface area contributed by atoms with Crippen LogP contribution in [0.3, 0.4) is 0 Å². The van der Waals surface area contributed by atoms with Gasteiger partial charge in [-0.25, -0.2) is 0 Å². The summed E-state index contributed by atoms with van der Waals surface area (Å²) in [6.07, 6.45) is 0.355. The molecule has 1 aromatic heterocycles. The number of aliphatic hydroxyl groups is 1. The first-order valence-electron chi connectivity index (χ1n) is 11.3. The molecule has 0 amide bonds. The van der Waals surface area contributed by atoms with E-state index in [4.69, 9.17) is 9.15 Å². The van der Waals surface area contributed by atoms with Gasteiger partial charge in [0, 0.05) is 24.2 Å². The molecule has 0 radical (unpaired) electrons. The van der Waals surface area contributed by atoms with Crippen molar-refractivity contribution in [3.8, 4) is 28.2 Å². The zero-order chi connectivity index (χ0) is 23.2. The lowest BCUT2D eigenvalue weighted by atomic mass is 9.98. The van der Waals surface area contributed by atoms with E-state index in [1.54, 1.807) is 18.2 Å². The molecule has 4 rings (SSSR count). The van der Waals surface area contributed by atoms with E-state index in [9.17, 15) is 9.90 Å². The van der Waals surface area contributed by atoms with Gasteiger partial charge in [0.15, 0.2) is 0 Å². The Labute approximate surface area is 205 Å². The fourth-order valence-electron chi connectivity index (χ4n) is 3.66. The number of halogens is 1. The summed E-state index contributed by atoms with van der Waals surface area (Å²) in [5.41, 5.74) is 2.53. The van der Waals surface area contributed by atoms with Crippen LogP contribution in [0, 0.1) is 0 Å². The number of benzene rings is 3. The average molecular weight is 480 g/mol. The first-order chi connectivity index (χ1) is 16.1. The predicted molar refractivity (Wildman–Crippen MR) is 140 cm³/mol. The largest absolute Gasteiger partial charge is 0.491 e. The van der Waals surface area contributed by atoms with Crippen molar-refractivity contribution in [1.82, 2.24) is 5.32 Å². The minimum Gasteiger partial charge on any atom is -0.491 e. The van der Waals surface area contributed by atoms with Gasteiger partial charge in [-0.15, -0.1) is 12.4 Å². The van der Waals surface area contributed by atoms with Crippen LogP contribution in [0.2, 0.25) is 0 Å². The zero-order valence-corrected chi connectivity index (χ0v) is 20.2. The van der Waals surface area contributed by atoms with Crippen LogP contribution < -0.4 is 15.5 Å². The second-order valence-electron chi connectivity index (χ2n) is 8.21. The molecule has 0 saturated heterocycles. The Bertz CT molecular complexity index is 1260. The molecule has 0 spiro atoms. The van der Waals surface area contributed by atoms with Crippen molar-refractivity contribution in [2.75, 3.05) is 13.2 Å². The molecule has 2 unspecified atom stereocenters. The van der Waals surface area contributed by atoms with Crippen molar-refractivity contribution < 1.29 is 14.3 Å². The van der Waals surface area contributed by atoms with Gasteiger partial charge < -0.3 is 19.6 Å². The summed E-state index contributed by atoms with van der Waals surface area (Å²) in [6, 6.07) is 24.7. The van der Waals surface area contributed by atoms with Gasteiger partial charge in [0.25, 0.3) is 0 Å². The number of aliphatic hydroxyl groups excluding tert-OH is 1. The van der Waals surface area contributed by atoms with Gasteiger partial charge in [0.2, 0.25) is 5.43 Å². The molecule has 0 aliphatic rings. The number of ether oxygens (including phenoxy) is 1. The number of rotatable bonds is 9. The molecular formula is C28H30ClNO4. The van der Waals surface area contributed by atoms with Crippen molar-refractivity contribution >= 4 is 23.4 Å². The third-order valence-corrected chi connectivity index (χ3v) is 5.72. The van der Waals surface area contributed by atoms with Crippen LogP contribution in [0.1, 0.15) is 20.3 Å². The lowest BCUT2D eigenvalue weighted by molar-refractivity contribution is 0.104. The fraction of sp³-hybridized carbons (Fsp3) is 0.250. The van der Waals surface area contributed by atoms with E-state index in [0.29, 0.717) is 40.6 Å². The molecule has 0 aliphatic carbocycles. The molecule has 4 aromatic rings. The van der Waals surface area contributed by atoms with Gasteiger partial charge in [-0.05, 0) is 31.0 Å². The Morgan fingerprint density at radius 2 is 1.62 bits per heavy atom. The molecule has 5 nitrogen and oxygen atoms in total. The summed E-state index contributed by atoms with van der Waals surface area (Å²) >= 11 is 0. The lowest BCUT2D eigenvalue weighted by Gasteiger charge is -2.16. The highest BCUT2D eigenvalue weighted by molar-refractivity contribution is 5.89. The van der Waals surface area contributed by atoms with Crippen molar-refractivity contribution in [3.63, 3.8) is 0 Å². The van der Waals surface area contributed by atoms with Crippen LogP contribution in [0.4, 0.5) is 0 Å². The molecule has 3 aromatic carbocycles. The first-order valence-corrected chi connectivity index (χ1v) is 11.3. The molecule has 6 heteroatoms. The summed E-state index contributed by atoms with van der Waals surface area (Å²) in [7, 11) is 0. The van der Waals surface area contributed by atoms with Gasteiger partial charge in [0.1, 0.15) is 29.8 Å². The van der Waals surface area contributed by atoms with Crippen molar-refractivity contribution in [1.29, 1.82) is 0 Å². The Morgan fingerprint density at radius 3 is 2.26 bits per heavy atom. The topological polar surface area (TPSA) is 71.7 Å². The monoisotopic (exact) mass is 479 g/mol. The van der Waals surface area contributed by atoms with E-state index < -0.39 is 6.10 Å². The first kappa shape index (κ1) is 25.5. The summed E-state index contributed by atoms with van der Waals surface area (Å²) in [6.45, 7) is 4.77. The molecule has 2 N–H and O–H groups in total. The van der Waals surface area contributed by atoms with Crippen LogP contribution in [-0.2, 0) is 0 Å². The van der Waals surface area contributed by atoms with E-state index in [2.05, 4.69) is 19.2 Å². The Kier molecular flexibility index (Phi) is 8.88. The summed E-state index contributed by atoms with van der Waals surface area (Å²) in [4.78, 5) is 13.5. The lowest BCUT2D eigenvalue weighted by Crippen LogP contribution is -2.36. The van der Waals surface area contributed by atoms with Gasteiger partial charge in [0.05, 0.1) is 10.9 Å². The molecule has 0 saturated carbocycles. The minimum atomic E-state index is -0.637. The Morgan fingerprint density at radius 1 is 0.971 bits per heavy atom. The molecule has 0 bridgehead atoms. The molecule has 1 heterocycles. The number of nitrogens with one attached hydrogen (secondary N) is 1. The molecule has 0 fully saturated rings. The third-order valence-electron chi connectivity index (χ3n) is 5.72. The predicted octanol–water partition coefficient (Wildman–Crippen LogP) is 5.68. The van der Waals surface area contributed by atoms with Crippen LogP contribution in [0.5, 0.6) is 5.75 Å². The van der Waals surface area contributed by atoms with E-state index in [0.717, 1.165) is 17.5 Å². The Balaban J connectivity index is 0.00000324. The second kappa shape index (κ2) is 11.8. The highest BCUT2D eigenvalue weighted by Gasteiger charge is 2.18. The maximum atomic E-state index is 13.5. The Hall–Kier alpha value is -3.12. The summed E-state index contributed by atoms with van der Waals surface area (Å²) < 4.78 is 12.1. The maximum Gasteiger partial charge on any atom is 0.201 e. The van der Waals surface area contributed by atoms with Gasteiger partial charge in [-0.2, -0.15) is 0 Å². The normalized spacial score (nSPS) is 12.7. The number of fused-ring (bicyclic) bond motifs is 1. The highest BCUT2D eigenvalue weighted by atomic mass is 35.5. The average Bonchev–Trinajstić information content (AvgIpc) is 2.86. The van der Waals surface area contributed by atoms with Crippen molar-refractivity contribution in [3.05, 3.63) is 89.1 Å². The van der Waals surface area contributed by atoms with Gasteiger partial charge >= 0.3 is 0 Å². The van der Waals surface area contributed by atoms with Crippen molar-refractivity contribution in [2.45, 2.75) is 32.4 Å². The second-order valence-corrected chi connectivity index (χ2v) is 8.21. The summed E-state index contributed by atoms with van der Waals surface area (Å²) in [5.74, 6) is 1.06. The fourth-order valence-corrected chi connectivity index (χ4v) is 3.66. The highest BCUT2D eigenvalue weighted by Crippen LogP contribution is 2.33. The summed E-state index contributed by atoms with van der Waals surface area (Å²) in [5, 5.41) is 14.0.